The van der Waals surface area contributed by atoms with E-state index in [0.29, 0.717) is 18.7 Å². The summed E-state index contributed by atoms with van der Waals surface area (Å²) in [5, 5.41) is 2.90. The molecular formula is C20H23N3O2. The van der Waals surface area contributed by atoms with Crippen LogP contribution in [0.4, 0.5) is 0 Å². The Morgan fingerprint density at radius 2 is 1.96 bits per heavy atom. The maximum atomic E-state index is 12.0. The number of pyridine rings is 1. The van der Waals surface area contributed by atoms with E-state index in [1.165, 1.54) is 5.56 Å². The number of nitrogens with zero attached hydrogens (tertiary/aromatic N) is 2. The van der Waals surface area contributed by atoms with Crippen molar-refractivity contribution in [3.63, 3.8) is 0 Å². The molecule has 2 aromatic heterocycles. The number of nitrogens with one attached hydrogen (secondary N) is 1. The summed E-state index contributed by atoms with van der Waals surface area (Å²) in [6.45, 7) is 5.25. The van der Waals surface area contributed by atoms with Crippen molar-refractivity contribution >= 4 is 11.6 Å². The molecule has 25 heavy (non-hydrogen) atoms. The Morgan fingerprint density at radius 3 is 2.72 bits per heavy atom. The molecular weight excluding hydrogens is 314 g/mol. The quantitative estimate of drug-likeness (QED) is 0.668. The van der Waals surface area contributed by atoms with Gasteiger partial charge < -0.3 is 14.5 Å². The lowest BCUT2D eigenvalue weighted by Crippen LogP contribution is -2.24. The van der Waals surface area contributed by atoms with E-state index in [0.717, 1.165) is 29.9 Å². The average Bonchev–Trinajstić information content (AvgIpc) is 3.02. The van der Waals surface area contributed by atoms with Crippen LogP contribution in [0.25, 0.3) is 5.65 Å². The number of aryl methyl sites for hydroxylation is 1. The molecule has 0 saturated carbocycles. The van der Waals surface area contributed by atoms with Crippen LogP contribution in [0.5, 0.6) is 5.75 Å². The minimum atomic E-state index is -0.0456. The molecule has 0 unspecified atom stereocenters. The Kier molecular flexibility index (Phi) is 5.33. The Balaban J connectivity index is 1.58. The van der Waals surface area contributed by atoms with E-state index in [2.05, 4.69) is 24.1 Å². The number of amides is 1. The van der Waals surface area contributed by atoms with E-state index in [-0.39, 0.29) is 5.91 Å². The number of carbonyl (C=O) groups is 1. The highest BCUT2D eigenvalue weighted by Crippen LogP contribution is 2.15. The van der Waals surface area contributed by atoms with Gasteiger partial charge in [0, 0.05) is 24.5 Å². The summed E-state index contributed by atoms with van der Waals surface area (Å²) in [5.74, 6) is 0.675. The molecule has 0 aliphatic heterocycles. The highest BCUT2D eigenvalue weighted by atomic mass is 16.5. The third kappa shape index (κ3) is 4.38. The van der Waals surface area contributed by atoms with Crippen LogP contribution in [-0.2, 0) is 6.61 Å². The Hall–Kier alpha value is -2.82. The van der Waals surface area contributed by atoms with Crippen molar-refractivity contribution in [2.75, 3.05) is 6.54 Å². The number of unbranched alkanes of at least 4 members (excludes halogenated alkanes) is 1. The van der Waals surface area contributed by atoms with E-state index in [9.17, 15) is 4.79 Å². The van der Waals surface area contributed by atoms with E-state index in [1.807, 2.05) is 41.1 Å². The summed E-state index contributed by atoms with van der Waals surface area (Å²) in [7, 11) is 0. The largest absolute Gasteiger partial charge is 0.487 e. The number of benzene rings is 1. The molecule has 3 aromatic rings. The van der Waals surface area contributed by atoms with Crippen LogP contribution in [0.1, 0.15) is 41.4 Å². The van der Waals surface area contributed by atoms with Gasteiger partial charge in [0.2, 0.25) is 0 Å². The number of carbonyl (C=O) groups excluding carboxylic acids is 1. The van der Waals surface area contributed by atoms with Gasteiger partial charge in [-0.1, -0.05) is 19.4 Å². The van der Waals surface area contributed by atoms with Crippen molar-refractivity contribution in [1.29, 1.82) is 0 Å². The zero-order valence-corrected chi connectivity index (χ0v) is 14.7. The Labute approximate surface area is 147 Å². The van der Waals surface area contributed by atoms with Crippen LogP contribution >= 0.6 is 0 Å². The number of rotatable bonds is 7. The molecule has 0 saturated heterocycles. The van der Waals surface area contributed by atoms with Crippen LogP contribution in [0, 0.1) is 6.92 Å². The van der Waals surface area contributed by atoms with Crippen molar-refractivity contribution in [2.24, 2.45) is 0 Å². The van der Waals surface area contributed by atoms with Crippen LogP contribution in [0.2, 0.25) is 0 Å². The molecule has 0 bridgehead atoms. The lowest BCUT2D eigenvalue weighted by Gasteiger charge is -2.07. The predicted octanol–water partition coefficient (Wildman–Crippen LogP) is 3.75. The first-order chi connectivity index (χ1) is 12.2. The van der Waals surface area contributed by atoms with Crippen LogP contribution in [0.3, 0.4) is 0 Å². The first-order valence-corrected chi connectivity index (χ1v) is 8.61. The summed E-state index contributed by atoms with van der Waals surface area (Å²) in [4.78, 5) is 16.5. The first kappa shape index (κ1) is 17.0. The maximum Gasteiger partial charge on any atom is 0.251 e. The van der Waals surface area contributed by atoms with E-state index in [1.54, 1.807) is 12.1 Å². The number of ether oxygens (including phenoxy) is 1. The van der Waals surface area contributed by atoms with Gasteiger partial charge in [0.05, 0.1) is 5.69 Å². The van der Waals surface area contributed by atoms with Crippen LogP contribution in [-0.4, -0.2) is 21.8 Å². The standard InChI is InChI=1S/C20H23N3O2/c1-3-4-11-21-20(24)16-6-8-18(9-7-16)25-14-17-13-23-12-15(2)5-10-19(23)22-17/h5-10,12-13H,3-4,11,14H2,1-2H3,(H,21,24). The molecule has 5 heteroatoms. The second-order valence-corrected chi connectivity index (χ2v) is 6.13. The molecule has 0 fully saturated rings. The van der Waals surface area contributed by atoms with E-state index >= 15 is 0 Å². The van der Waals surface area contributed by atoms with Gasteiger partial charge in [-0.3, -0.25) is 4.79 Å². The molecule has 0 aliphatic carbocycles. The predicted molar refractivity (Wildman–Crippen MR) is 97.9 cm³/mol. The number of aromatic nitrogens is 2. The van der Waals surface area contributed by atoms with Crippen molar-refractivity contribution in [2.45, 2.75) is 33.3 Å². The highest BCUT2D eigenvalue weighted by Gasteiger charge is 2.06. The molecule has 0 atom stereocenters. The summed E-state index contributed by atoms with van der Waals surface area (Å²) in [5.41, 5.74) is 3.60. The SMILES string of the molecule is CCCCNC(=O)c1ccc(OCc2cn3cc(C)ccc3n2)cc1. The van der Waals surface area contributed by atoms with E-state index in [4.69, 9.17) is 4.74 Å². The average molecular weight is 337 g/mol. The summed E-state index contributed by atoms with van der Waals surface area (Å²) >= 11 is 0. The molecule has 1 aromatic carbocycles. The van der Waals surface area contributed by atoms with Gasteiger partial charge in [-0.05, 0) is 49.2 Å². The molecule has 0 spiro atoms. The lowest BCUT2D eigenvalue weighted by atomic mass is 10.2. The molecule has 3 rings (SSSR count). The number of hydrogen-bond acceptors (Lipinski definition) is 3. The number of fused-ring (bicyclic) bond motifs is 1. The monoisotopic (exact) mass is 337 g/mol. The third-order valence-electron chi connectivity index (χ3n) is 3.97. The Bertz CT molecular complexity index is 853. The molecule has 2 heterocycles. The first-order valence-electron chi connectivity index (χ1n) is 8.61. The van der Waals surface area contributed by atoms with Gasteiger partial charge in [0.15, 0.2) is 0 Å². The fraction of sp³-hybridized carbons (Fsp3) is 0.300. The number of imidazole rings is 1. The number of hydrogen-bond donors (Lipinski definition) is 1. The van der Waals surface area contributed by atoms with Gasteiger partial charge >= 0.3 is 0 Å². The minimum Gasteiger partial charge on any atom is -0.487 e. The minimum absolute atomic E-state index is 0.0456. The maximum absolute atomic E-state index is 12.0. The second-order valence-electron chi connectivity index (χ2n) is 6.13. The van der Waals surface area contributed by atoms with Gasteiger partial charge in [0.1, 0.15) is 18.0 Å². The Morgan fingerprint density at radius 1 is 1.16 bits per heavy atom. The van der Waals surface area contributed by atoms with E-state index < -0.39 is 0 Å². The second kappa shape index (κ2) is 7.83. The van der Waals surface area contributed by atoms with Crippen molar-refractivity contribution in [3.05, 3.63) is 65.6 Å². The molecule has 1 amide bonds. The van der Waals surface area contributed by atoms with Gasteiger partial charge in [-0.2, -0.15) is 0 Å². The highest BCUT2D eigenvalue weighted by molar-refractivity contribution is 5.94. The van der Waals surface area contributed by atoms with Crippen LogP contribution < -0.4 is 10.1 Å². The van der Waals surface area contributed by atoms with Gasteiger partial charge in [0.25, 0.3) is 5.91 Å². The molecule has 0 aliphatic rings. The zero-order valence-electron chi connectivity index (χ0n) is 14.7. The summed E-state index contributed by atoms with van der Waals surface area (Å²) in [6, 6.07) is 11.2. The molecule has 130 valence electrons. The van der Waals surface area contributed by atoms with Crippen molar-refractivity contribution < 1.29 is 9.53 Å². The van der Waals surface area contributed by atoms with Crippen LogP contribution in [0.15, 0.2) is 48.8 Å². The normalized spacial score (nSPS) is 10.8. The molecule has 1 N–H and O–H groups in total. The van der Waals surface area contributed by atoms with Gasteiger partial charge in [-0.25, -0.2) is 4.98 Å². The summed E-state index contributed by atoms with van der Waals surface area (Å²) in [6.07, 6.45) is 6.07. The molecule has 0 radical (unpaired) electrons. The summed E-state index contributed by atoms with van der Waals surface area (Å²) < 4.78 is 7.78. The lowest BCUT2D eigenvalue weighted by molar-refractivity contribution is 0.0953. The topological polar surface area (TPSA) is 55.6 Å². The molecule has 5 nitrogen and oxygen atoms in total. The zero-order chi connectivity index (χ0) is 17.6. The smallest absolute Gasteiger partial charge is 0.251 e. The fourth-order valence-electron chi connectivity index (χ4n) is 2.57. The fourth-order valence-corrected chi connectivity index (χ4v) is 2.57. The third-order valence-corrected chi connectivity index (χ3v) is 3.97. The van der Waals surface area contributed by atoms with Gasteiger partial charge in [-0.15, -0.1) is 0 Å². The van der Waals surface area contributed by atoms with Crippen molar-refractivity contribution in [1.82, 2.24) is 14.7 Å². The van der Waals surface area contributed by atoms with Crippen molar-refractivity contribution in [3.8, 4) is 5.75 Å².